The Balaban J connectivity index is 2.59. The summed E-state index contributed by atoms with van der Waals surface area (Å²) in [6.45, 7) is 0. The van der Waals surface area contributed by atoms with E-state index in [2.05, 4.69) is 9.97 Å². The maximum Gasteiger partial charge on any atom is 0.311 e. The zero-order valence-electron chi connectivity index (χ0n) is 8.01. The van der Waals surface area contributed by atoms with Crippen LogP contribution >= 0.6 is 11.6 Å². The number of benzene rings is 1. The quantitative estimate of drug-likeness (QED) is 0.777. The van der Waals surface area contributed by atoms with Gasteiger partial charge in [0.1, 0.15) is 23.1 Å². The Kier molecular flexibility index (Phi) is 2.62. The molecule has 0 radical (unpaired) electrons. The molecule has 0 unspecified atom stereocenters. The second kappa shape index (κ2) is 3.94. The minimum Gasteiger partial charge on any atom is -0.508 e. The Bertz CT molecular complexity index is 571. The summed E-state index contributed by atoms with van der Waals surface area (Å²) in [5, 5.41) is 18.5. The second-order valence-corrected chi connectivity index (χ2v) is 3.56. The topological polar surface area (TPSA) is 83.3 Å². The molecule has 16 heavy (non-hydrogen) atoms. The van der Waals surface area contributed by atoms with E-state index >= 15 is 0 Å². The van der Waals surface area contributed by atoms with Gasteiger partial charge < -0.3 is 10.2 Å². The number of nitrogens with zero attached hydrogens (tertiary/aromatic N) is 2. The molecule has 2 N–H and O–H groups in total. The van der Waals surface area contributed by atoms with Crippen molar-refractivity contribution in [3.63, 3.8) is 0 Å². The monoisotopic (exact) mass is 238 g/mol. The first-order valence-corrected chi connectivity index (χ1v) is 4.81. The maximum absolute atomic E-state index is 10.5. The molecule has 0 atom stereocenters. The molecule has 2 rings (SSSR count). The molecule has 82 valence electrons. The van der Waals surface area contributed by atoms with Crippen molar-refractivity contribution in [1.82, 2.24) is 9.97 Å². The van der Waals surface area contributed by atoms with Crippen LogP contribution in [0.15, 0.2) is 18.2 Å². The lowest BCUT2D eigenvalue weighted by Crippen LogP contribution is -2.05. The van der Waals surface area contributed by atoms with Gasteiger partial charge in [0.25, 0.3) is 0 Å². The third-order valence-electron chi connectivity index (χ3n) is 1.99. The van der Waals surface area contributed by atoms with Crippen molar-refractivity contribution < 1.29 is 15.0 Å². The molecule has 0 bridgehead atoms. The Morgan fingerprint density at radius 2 is 2.12 bits per heavy atom. The highest BCUT2D eigenvalue weighted by Crippen LogP contribution is 2.24. The summed E-state index contributed by atoms with van der Waals surface area (Å²) >= 11 is 5.86. The average molecular weight is 239 g/mol. The molecule has 0 saturated heterocycles. The van der Waals surface area contributed by atoms with Gasteiger partial charge in [-0.15, -0.1) is 0 Å². The van der Waals surface area contributed by atoms with Crippen LogP contribution in [0.4, 0.5) is 0 Å². The molecule has 1 heterocycles. The lowest BCUT2D eigenvalue weighted by molar-refractivity contribution is -0.136. The largest absolute Gasteiger partial charge is 0.508 e. The zero-order valence-corrected chi connectivity index (χ0v) is 8.77. The van der Waals surface area contributed by atoms with Crippen molar-refractivity contribution in [3.8, 4) is 5.75 Å². The summed E-state index contributed by atoms with van der Waals surface area (Å²) in [7, 11) is 0. The van der Waals surface area contributed by atoms with E-state index < -0.39 is 5.97 Å². The average Bonchev–Trinajstić information content (AvgIpc) is 2.18. The number of aromatic hydroxyl groups is 1. The van der Waals surface area contributed by atoms with Crippen LogP contribution in [0.1, 0.15) is 5.82 Å². The van der Waals surface area contributed by atoms with Crippen molar-refractivity contribution in [2.24, 2.45) is 0 Å². The number of hydrogen-bond donors (Lipinski definition) is 2. The molecule has 0 aliphatic rings. The Labute approximate surface area is 95.3 Å². The second-order valence-electron chi connectivity index (χ2n) is 3.20. The van der Waals surface area contributed by atoms with E-state index in [1.165, 1.54) is 12.1 Å². The molecule has 6 heteroatoms. The van der Waals surface area contributed by atoms with E-state index in [1.807, 2.05) is 0 Å². The molecule has 0 aliphatic carbocycles. The number of halogens is 1. The van der Waals surface area contributed by atoms with Crippen molar-refractivity contribution in [1.29, 1.82) is 0 Å². The fourth-order valence-electron chi connectivity index (χ4n) is 1.34. The zero-order chi connectivity index (χ0) is 11.7. The normalized spacial score (nSPS) is 10.6. The fraction of sp³-hybridized carbons (Fsp3) is 0.100. The van der Waals surface area contributed by atoms with Crippen LogP contribution in [0, 0.1) is 0 Å². The van der Waals surface area contributed by atoms with E-state index in [9.17, 15) is 9.90 Å². The van der Waals surface area contributed by atoms with Gasteiger partial charge in [-0.2, -0.15) is 0 Å². The number of aromatic nitrogens is 2. The molecule has 5 nitrogen and oxygen atoms in total. The van der Waals surface area contributed by atoms with Crippen LogP contribution < -0.4 is 0 Å². The van der Waals surface area contributed by atoms with Crippen molar-refractivity contribution in [2.75, 3.05) is 0 Å². The van der Waals surface area contributed by atoms with Crippen LogP contribution in [0.2, 0.25) is 5.15 Å². The predicted molar refractivity (Wildman–Crippen MR) is 57.6 cm³/mol. The Morgan fingerprint density at radius 3 is 2.81 bits per heavy atom. The first-order valence-electron chi connectivity index (χ1n) is 4.43. The summed E-state index contributed by atoms with van der Waals surface area (Å²) < 4.78 is 0. The molecular weight excluding hydrogens is 232 g/mol. The Hall–Kier alpha value is -1.88. The van der Waals surface area contributed by atoms with Gasteiger partial charge in [0.15, 0.2) is 0 Å². The molecular formula is C10H7ClN2O3. The summed E-state index contributed by atoms with van der Waals surface area (Å²) in [5.41, 5.74) is 0.508. The molecule has 0 aliphatic heterocycles. The number of rotatable bonds is 2. The van der Waals surface area contributed by atoms with Gasteiger partial charge in [0, 0.05) is 5.39 Å². The number of fused-ring (bicyclic) bond motifs is 1. The smallest absolute Gasteiger partial charge is 0.311 e. The third kappa shape index (κ3) is 2.04. The van der Waals surface area contributed by atoms with Gasteiger partial charge in [-0.1, -0.05) is 11.6 Å². The molecule has 0 saturated carbocycles. The van der Waals surface area contributed by atoms with E-state index in [0.717, 1.165) is 0 Å². The summed E-state index contributed by atoms with van der Waals surface area (Å²) in [4.78, 5) is 18.4. The van der Waals surface area contributed by atoms with Gasteiger partial charge in [-0.25, -0.2) is 9.97 Å². The van der Waals surface area contributed by atoms with E-state index in [4.69, 9.17) is 16.7 Å². The van der Waals surface area contributed by atoms with Gasteiger partial charge in [-0.3, -0.25) is 4.79 Å². The van der Waals surface area contributed by atoms with Crippen LogP contribution in [0.5, 0.6) is 5.75 Å². The van der Waals surface area contributed by atoms with Crippen LogP contribution in [0.3, 0.4) is 0 Å². The molecule has 0 spiro atoms. The van der Waals surface area contributed by atoms with Crippen molar-refractivity contribution in [3.05, 3.63) is 29.2 Å². The Morgan fingerprint density at radius 1 is 1.38 bits per heavy atom. The van der Waals surface area contributed by atoms with Crippen molar-refractivity contribution in [2.45, 2.75) is 6.42 Å². The number of carboxylic acid groups (broad SMARTS) is 1. The minimum absolute atomic E-state index is 0.0592. The van der Waals surface area contributed by atoms with E-state index in [1.54, 1.807) is 6.07 Å². The van der Waals surface area contributed by atoms with Gasteiger partial charge >= 0.3 is 5.97 Å². The van der Waals surface area contributed by atoms with Gasteiger partial charge in [0.05, 0.1) is 5.52 Å². The fourth-order valence-corrected chi connectivity index (χ4v) is 1.59. The number of phenols is 1. The van der Waals surface area contributed by atoms with Crippen LogP contribution in [-0.2, 0) is 11.2 Å². The van der Waals surface area contributed by atoms with Crippen LogP contribution in [0.25, 0.3) is 10.9 Å². The first kappa shape index (κ1) is 10.6. The highest BCUT2D eigenvalue weighted by Gasteiger charge is 2.09. The number of carbonyl (C=O) groups is 1. The van der Waals surface area contributed by atoms with Gasteiger partial charge in [-0.05, 0) is 18.2 Å². The third-order valence-corrected chi connectivity index (χ3v) is 2.28. The summed E-state index contributed by atoms with van der Waals surface area (Å²) in [6, 6.07) is 4.45. The number of hydrogen-bond acceptors (Lipinski definition) is 4. The lowest BCUT2D eigenvalue weighted by Gasteiger charge is -2.02. The highest BCUT2D eigenvalue weighted by atomic mass is 35.5. The van der Waals surface area contributed by atoms with Crippen LogP contribution in [-0.4, -0.2) is 26.2 Å². The number of phenolic OH excluding ortho intramolecular Hbond substituents is 1. The summed E-state index contributed by atoms with van der Waals surface area (Å²) in [6.07, 6.45) is -0.281. The highest BCUT2D eigenvalue weighted by molar-refractivity contribution is 6.34. The molecule has 1 aromatic carbocycles. The summed E-state index contributed by atoms with van der Waals surface area (Å²) in [5.74, 6) is -0.811. The lowest BCUT2D eigenvalue weighted by atomic mass is 10.2. The molecule has 0 amide bonds. The predicted octanol–water partition coefficient (Wildman–Crippen LogP) is 1.62. The minimum atomic E-state index is -1.02. The SMILES string of the molecule is O=C(O)Cc1nc(Cl)c2cc(O)ccc2n1. The molecule has 2 aromatic rings. The number of carboxylic acids is 1. The maximum atomic E-state index is 10.5. The van der Waals surface area contributed by atoms with E-state index in [-0.39, 0.29) is 23.1 Å². The molecule has 0 fully saturated rings. The standard InChI is InChI=1S/C10H7ClN2O3/c11-10-6-3-5(14)1-2-7(6)12-8(13-10)4-9(15)16/h1-3,14H,4H2,(H,15,16). The van der Waals surface area contributed by atoms with E-state index in [0.29, 0.717) is 10.9 Å². The van der Waals surface area contributed by atoms with Gasteiger partial charge in [0.2, 0.25) is 0 Å². The number of aliphatic carboxylic acids is 1. The molecule has 1 aromatic heterocycles. The van der Waals surface area contributed by atoms with Crippen molar-refractivity contribution >= 4 is 28.5 Å². The first-order chi connectivity index (χ1) is 7.56.